The van der Waals surface area contributed by atoms with Crippen molar-refractivity contribution in [2.75, 3.05) is 7.05 Å². The molecule has 0 saturated carbocycles. The number of benzene rings is 1. The van der Waals surface area contributed by atoms with Gasteiger partial charge >= 0.3 is 6.18 Å². The zero-order chi connectivity index (χ0) is 13.2. The molecule has 1 aromatic rings. The van der Waals surface area contributed by atoms with E-state index in [1.54, 1.807) is 0 Å². The Balaban J connectivity index is 2.88. The van der Waals surface area contributed by atoms with Gasteiger partial charge in [0.2, 0.25) is 0 Å². The van der Waals surface area contributed by atoms with Crippen LogP contribution in [0.5, 0.6) is 0 Å². The molecule has 0 heterocycles. The fourth-order valence-electron chi connectivity index (χ4n) is 1.54. The maximum Gasteiger partial charge on any atom is 0.416 e. The summed E-state index contributed by atoms with van der Waals surface area (Å²) in [5.74, 6) is 0.271. The molecule has 1 nitrogen and oxygen atoms in total. The standard InChI is InChI=1S/C12H17F3NP/c1-8(16(3)9(2)17)10-4-6-11(7-5-10)12(13,14)15/h4-9H,17H2,1-3H3/t8-,9+/m0/s1. The zero-order valence-corrected chi connectivity index (χ0v) is 11.3. The normalized spacial score (nSPS) is 16.0. The van der Waals surface area contributed by atoms with Crippen molar-refractivity contribution < 1.29 is 13.2 Å². The predicted molar refractivity (Wildman–Crippen MR) is 66.8 cm³/mol. The number of rotatable bonds is 3. The van der Waals surface area contributed by atoms with Crippen molar-refractivity contribution in [2.24, 2.45) is 0 Å². The molecule has 0 N–H and O–H groups in total. The molecule has 96 valence electrons. The average Bonchev–Trinajstić information content (AvgIpc) is 2.26. The lowest BCUT2D eigenvalue weighted by Crippen LogP contribution is -2.27. The first-order valence-corrected chi connectivity index (χ1v) is 6.05. The van der Waals surface area contributed by atoms with Gasteiger partial charge < -0.3 is 0 Å². The van der Waals surface area contributed by atoms with E-state index in [9.17, 15) is 13.2 Å². The highest BCUT2D eigenvalue weighted by atomic mass is 31.0. The van der Waals surface area contributed by atoms with Crippen LogP contribution >= 0.6 is 9.24 Å². The SMILES string of the molecule is C[C@@H](P)N(C)[C@@H](C)c1ccc(C(F)(F)F)cc1. The van der Waals surface area contributed by atoms with Crippen molar-refractivity contribution >= 4 is 9.24 Å². The first-order chi connectivity index (χ1) is 7.73. The Morgan fingerprint density at radius 2 is 1.59 bits per heavy atom. The van der Waals surface area contributed by atoms with Crippen LogP contribution in [0.25, 0.3) is 0 Å². The molecule has 0 amide bonds. The van der Waals surface area contributed by atoms with Gasteiger partial charge in [-0.2, -0.15) is 13.2 Å². The lowest BCUT2D eigenvalue weighted by Gasteiger charge is -2.28. The van der Waals surface area contributed by atoms with Crippen LogP contribution in [0.4, 0.5) is 13.2 Å². The van der Waals surface area contributed by atoms with Gasteiger partial charge in [0.05, 0.1) is 5.56 Å². The molecule has 5 heteroatoms. The van der Waals surface area contributed by atoms with E-state index >= 15 is 0 Å². The van der Waals surface area contributed by atoms with Crippen LogP contribution in [0.1, 0.15) is 31.0 Å². The highest BCUT2D eigenvalue weighted by Crippen LogP contribution is 2.31. The van der Waals surface area contributed by atoms with Crippen LogP contribution in [0.2, 0.25) is 0 Å². The van der Waals surface area contributed by atoms with Crippen molar-refractivity contribution in [2.45, 2.75) is 31.8 Å². The summed E-state index contributed by atoms with van der Waals surface area (Å²) in [7, 11) is 4.61. The Bertz CT molecular complexity index is 359. The van der Waals surface area contributed by atoms with Crippen LogP contribution in [0, 0.1) is 0 Å². The molecule has 0 spiro atoms. The number of nitrogens with zero attached hydrogens (tertiary/aromatic N) is 1. The van der Waals surface area contributed by atoms with E-state index in [4.69, 9.17) is 0 Å². The molecule has 0 radical (unpaired) electrons. The maximum absolute atomic E-state index is 12.4. The molecule has 0 bridgehead atoms. The summed E-state index contributed by atoms with van der Waals surface area (Å²) >= 11 is 0. The molecular weight excluding hydrogens is 246 g/mol. The van der Waals surface area contributed by atoms with Crippen LogP contribution < -0.4 is 0 Å². The Morgan fingerprint density at radius 1 is 1.12 bits per heavy atom. The van der Waals surface area contributed by atoms with Crippen molar-refractivity contribution in [3.63, 3.8) is 0 Å². The Kier molecular flexibility index (Phi) is 4.56. The third-order valence-electron chi connectivity index (χ3n) is 2.97. The van der Waals surface area contributed by atoms with E-state index < -0.39 is 11.7 Å². The number of alkyl halides is 3. The minimum absolute atomic E-state index is 0.0878. The number of halogens is 3. The van der Waals surface area contributed by atoms with Crippen molar-refractivity contribution in [1.29, 1.82) is 0 Å². The summed E-state index contributed by atoms with van der Waals surface area (Å²) in [5.41, 5.74) is 0.282. The second-order valence-electron chi connectivity index (χ2n) is 4.20. The second-order valence-corrected chi connectivity index (χ2v) is 5.17. The minimum atomic E-state index is -4.26. The molecule has 0 aliphatic rings. The lowest BCUT2D eigenvalue weighted by atomic mass is 10.0. The average molecular weight is 263 g/mol. The largest absolute Gasteiger partial charge is 0.416 e. The van der Waals surface area contributed by atoms with Crippen molar-refractivity contribution in [3.05, 3.63) is 35.4 Å². The van der Waals surface area contributed by atoms with Gasteiger partial charge in [-0.15, -0.1) is 9.24 Å². The summed E-state index contributed by atoms with van der Waals surface area (Å²) in [6, 6.07) is 5.43. The third-order valence-corrected chi connectivity index (χ3v) is 3.44. The van der Waals surface area contributed by atoms with E-state index in [0.29, 0.717) is 0 Å². The molecule has 3 atom stereocenters. The van der Waals surface area contributed by atoms with E-state index in [1.165, 1.54) is 12.1 Å². The molecule has 0 fully saturated rings. The quantitative estimate of drug-likeness (QED) is 0.747. The van der Waals surface area contributed by atoms with Gasteiger partial charge in [0.1, 0.15) is 0 Å². The fourth-order valence-corrected chi connectivity index (χ4v) is 1.80. The van der Waals surface area contributed by atoms with E-state index in [1.807, 2.05) is 20.9 Å². The van der Waals surface area contributed by atoms with Crippen LogP contribution in [0.15, 0.2) is 24.3 Å². The van der Waals surface area contributed by atoms with Gasteiger partial charge in [-0.1, -0.05) is 12.1 Å². The van der Waals surface area contributed by atoms with Gasteiger partial charge in [0.15, 0.2) is 0 Å². The Hall–Kier alpha value is -0.600. The smallest absolute Gasteiger partial charge is 0.294 e. The first kappa shape index (κ1) is 14.5. The van der Waals surface area contributed by atoms with Crippen LogP contribution in [0.3, 0.4) is 0 Å². The van der Waals surface area contributed by atoms with Gasteiger partial charge in [0, 0.05) is 11.8 Å². The summed E-state index contributed by atoms with van der Waals surface area (Å²) in [6.07, 6.45) is -4.26. The molecule has 17 heavy (non-hydrogen) atoms. The molecule has 0 aromatic heterocycles. The molecule has 0 aliphatic heterocycles. The van der Waals surface area contributed by atoms with E-state index in [2.05, 4.69) is 14.1 Å². The fraction of sp³-hybridized carbons (Fsp3) is 0.500. The number of hydrogen-bond donors (Lipinski definition) is 0. The predicted octanol–water partition coefficient (Wildman–Crippen LogP) is 3.92. The zero-order valence-electron chi connectivity index (χ0n) is 10.1. The molecular formula is C12H17F3NP. The van der Waals surface area contributed by atoms with Crippen LogP contribution in [-0.2, 0) is 6.18 Å². The first-order valence-electron chi connectivity index (χ1n) is 5.38. The highest BCUT2D eigenvalue weighted by Gasteiger charge is 2.30. The lowest BCUT2D eigenvalue weighted by molar-refractivity contribution is -0.137. The van der Waals surface area contributed by atoms with E-state index in [-0.39, 0.29) is 11.8 Å². The Labute approximate surface area is 102 Å². The second kappa shape index (κ2) is 5.36. The minimum Gasteiger partial charge on any atom is -0.294 e. The number of hydrogen-bond acceptors (Lipinski definition) is 1. The molecule has 1 rings (SSSR count). The van der Waals surface area contributed by atoms with E-state index in [0.717, 1.165) is 17.7 Å². The summed E-state index contributed by atoms with van der Waals surface area (Å²) in [4.78, 5) is 2.08. The van der Waals surface area contributed by atoms with Gasteiger partial charge in [-0.05, 0) is 38.6 Å². The molecule has 0 saturated heterocycles. The monoisotopic (exact) mass is 263 g/mol. The summed E-state index contributed by atoms with van der Waals surface area (Å²) < 4.78 is 37.2. The van der Waals surface area contributed by atoms with Crippen LogP contribution in [-0.4, -0.2) is 17.7 Å². The van der Waals surface area contributed by atoms with Crippen molar-refractivity contribution in [3.8, 4) is 0 Å². The molecule has 1 unspecified atom stereocenters. The maximum atomic E-state index is 12.4. The highest BCUT2D eigenvalue weighted by molar-refractivity contribution is 7.17. The van der Waals surface area contributed by atoms with Gasteiger partial charge in [0.25, 0.3) is 0 Å². The molecule has 0 aliphatic carbocycles. The topological polar surface area (TPSA) is 3.24 Å². The summed E-state index contributed by atoms with van der Waals surface area (Å²) in [6.45, 7) is 3.99. The third kappa shape index (κ3) is 3.68. The summed E-state index contributed by atoms with van der Waals surface area (Å²) in [5, 5.41) is 0. The van der Waals surface area contributed by atoms with Gasteiger partial charge in [-0.3, -0.25) is 4.90 Å². The van der Waals surface area contributed by atoms with Crippen molar-refractivity contribution in [1.82, 2.24) is 4.90 Å². The Morgan fingerprint density at radius 3 is 1.94 bits per heavy atom. The van der Waals surface area contributed by atoms with Gasteiger partial charge in [-0.25, -0.2) is 0 Å². The molecule has 1 aromatic carbocycles.